The number of aromatic nitrogens is 2. The molecule has 0 saturated heterocycles. The molecule has 1 N–H and O–H groups in total. The van der Waals surface area contributed by atoms with Crippen molar-refractivity contribution in [1.29, 1.82) is 0 Å². The quantitative estimate of drug-likeness (QED) is 0.744. The lowest BCUT2D eigenvalue weighted by Crippen LogP contribution is -1.89. The van der Waals surface area contributed by atoms with Crippen molar-refractivity contribution >= 4 is 10.9 Å². The number of aromatic amines is 1. The average molecular weight is 174 g/mol. The van der Waals surface area contributed by atoms with Gasteiger partial charge in [-0.1, -0.05) is 13.8 Å². The normalized spacial score (nSPS) is 13.4. The van der Waals surface area contributed by atoms with Gasteiger partial charge >= 0.3 is 0 Å². The zero-order valence-electron chi connectivity index (χ0n) is 8.04. The molecule has 2 heterocycles. The number of nitrogens with zero attached hydrogens (tertiary/aromatic N) is 1. The molecule has 2 heteroatoms. The van der Waals surface area contributed by atoms with Gasteiger partial charge in [0.1, 0.15) is 0 Å². The first-order chi connectivity index (χ1) is 6.31. The highest BCUT2D eigenvalue weighted by molar-refractivity contribution is 5.79. The molecule has 0 aliphatic heterocycles. The van der Waals surface area contributed by atoms with Crippen LogP contribution in [0.15, 0.2) is 24.5 Å². The Kier molecular flexibility index (Phi) is 2.05. The summed E-state index contributed by atoms with van der Waals surface area (Å²) in [6, 6.07) is 4.21. The van der Waals surface area contributed by atoms with Gasteiger partial charge in [0, 0.05) is 29.0 Å². The number of rotatable bonds is 2. The fourth-order valence-corrected chi connectivity index (χ4v) is 1.48. The van der Waals surface area contributed by atoms with Gasteiger partial charge in [-0.15, -0.1) is 0 Å². The molecular formula is C11H14N2. The van der Waals surface area contributed by atoms with Gasteiger partial charge in [0.15, 0.2) is 0 Å². The topological polar surface area (TPSA) is 28.7 Å². The standard InChI is InChI=1S/C11H14N2/c1-3-8(2)11-6-9-7-12-5-4-10(9)13-11/h4-8,13H,3H2,1-2H3. The van der Waals surface area contributed by atoms with Gasteiger partial charge < -0.3 is 4.98 Å². The third kappa shape index (κ3) is 1.44. The van der Waals surface area contributed by atoms with E-state index in [1.54, 1.807) is 0 Å². The predicted octanol–water partition coefficient (Wildman–Crippen LogP) is 3.08. The molecule has 2 aromatic rings. The van der Waals surface area contributed by atoms with Gasteiger partial charge in [-0.2, -0.15) is 0 Å². The molecule has 0 saturated carbocycles. The number of nitrogens with one attached hydrogen (secondary N) is 1. The van der Waals surface area contributed by atoms with E-state index in [2.05, 4.69) is 29.9 Å². The van der Waals surface area contributed by atoms with Crippen molar-refractivity contribution in [2.45, 2.75) is 26.2 Å². The molecule has 0 radical (unpaired) electrons. The Hall–Kier alpha value is -1.31. The van der Waals surface area contributed by atoms with Crippen LogP contribution in [0.3, 0.4) is 0 Å². The van der Waals surface area contributed by atoms with Gasteiger partial charge in [0.2, 0.25) is 0 Å². The molecule has 0 aliphatic rings. The van der Waals surface area contributed by atoms with Crippen LogP contribution in [0.1, 0.15) is 31.9 Å². The lowest BCUT2D eigenvalue weighted by Gasteiger charge is -2.03. The molecule has 2 aromatic heterocycles. The van der Waals surface area contributed by atoms with E-state index < -0.39 is 0 Å². The first-order valence-corrected chi connectivity index (χ1v) is 4.74. The van der Waals surface area contributed by atoms with E-state index in [-0.39, 0.29) is 0 Å². The van der Waals surface area contributed by atoms with Crippen molar-refractivity contribution in [3.63, 3.8) is 0 Å². The average Bonchev–Trinajstić information content (AvgIpc) is 2.59. The van der Waals surface area contributed by atoms with E-state index in [1.165, 1.54) is 23.0 Å². The summed E-state index contributed by atoms with van der Waals surface area (Å²) in [6.07, 6.45) is 4.89. The van der Waals surface area contributed by atoms with Crippen molar-refractivity contribution in [1.82, 2.24) is 9.97 Å². The van der Waals surface area contributed by atoms with Crippen molar-refractivity contribution in [3.8, 4) is 0 Å². The van der Waals surface area contributed by atoms with E-state index in [9.17, 15) is 0 Å². The highest BCUT2D eigenvalue weighted by atomic mass is 14.7. The van der Waals surface area contributed by atoms with Crippen LogP contribution in [0.2, 0.25) is 0 Å². The molecule has 0 amide bonds. The molecule has 0 fully saturated rings. The van der Waals surface area contributed by atoms with Gasteiger partial charge in [0.25, 0.3) is 0 Å². The number of hydrogen-bond donors (Lipinski definition) is 1. The third-order valence-corrected chi connectivity index (χ3v) is 2.59. The van der Waals surface area contributed by atoms with Gasteiger partial charge in [-0.3, -0.25) is 4.98 Å². The van der Waals surface area contributed by atoms with E-state index in [4.69, 9.17) is 0 Å². The monoisotopic (exact) mass is 174 g/mol. The second kappa shape index (κ2) is 3.21. The molecule has 1 unspecified atom stereocenters. The molecule has 1 atom stereocenters. The molecule has 68 valence electrons. The lowest BCUT2D eigenvalue weighted by atomic mass is 10.1. The van der Waals surface area contributed by atoms with E-state index in [0.717, 1.165) is 0 Å². The minimum atomic E-state index is 0.604. The van der Waals surface area contributed by atoms with E-state index in [1.807, 2.05) is 18.5 Å². The Bertz CT molecular complexity index is 370. The molecule has 0 aliphatic carbocycles. The lowest BCUT2D eigenvalue weighted by molar-refractivity contribution is 0.715. The summed E-state index contributed by atoms with van der Waals surface area (Å²) in [4.78, 5) is 7.50. The predicted molar refractivity (Wildman–Crippen MR) is 54.8 cm³/mol. The summed E-state index contributed by atoms with van der Waals surface area (Å²) in [6.45, 7) is 4.44. The molecule has 0 bridgehead atoms. The van der Waals surface area contributed by atoms with Crippen LogP contribution >= 0.6 is 0 Å². The summed E-state index contributed by atoms with van der Waals surface area (Å²) < 4.78 is 0. The molecule has 2 rings (SSSR count). The second-order valence-electron chi connectivity index (χ2n) is 3.50. The van der Waals surface area contributed by atoms with Gasteiger partial charge in [0.05, 0.1) is 0 Å². The zero-order chi connectivity index (χ0) is 9.26. The summed E-state index contributed by atoms with van der Waals surface area (Å²) in [5.74, 6) is 0.604. The van der Waals surface area contributed by atoms with Crippen molar-refractivity contribution < 1.29 is 0 Å². The van der Waals surface area contributed by atoms with Crippen LogP contribution in [0.5, 0.6) is 0 Å². The van der Waals surface area contributed by atoms with Crippen molar-refractivity contribution in [2.24, 2.45) is 0 Å². The first-order valence-electron chi connectivity index (χ1n) is 4.74. The highest BCUT2D eigenvalue weighted by Crippen LogP contribution is 2.22. The minimum Gasteiger partial charge on any atom is -0.358 e. The first kappa shape index (κ1) is 8.30. The van der Waals surface area contributed by atoms with Crippen LogP contribution in [-0.2, 0) is 0 Å². The summed E-state index contributed by atoms with van der Waals surface area (Å²) in [5, 5.41) is 1.21. The second-order valence-corrected chi connectivity index (χ2v) is 3.50. The van der Waals surface area contributed by atoms with E-state index >= 15 is 0 Å². The molecule has 2 nitrogen and oxygen atoms in total. The Morgan fingerprint density at radius 1 is 1.54 bits per heavy atom. The van der Waals surface area contributed by atoms with Crippen molar-refractivity contribution in [3.05, 3.63) is 30.2 Å². The Balaban J connectivity index is 2.49. The van der Waals surface area contributed by atoms with Crippen LogP contribution in [-0.4, -0.2) is 9.97 Å². The molecule has 0 spiro atoms. The maximum absolute atomic E-state index is 4.09. The fraction of sp³-hybridized carbons (Fsp3) is 0.364. The Labute approximate surface area is 78.0 Å². The maximum Gasteiger partial charge on any atom is 0.0487 e. The fourth-order valence-electron chi connectivity index (χ4n) is 1.48. The summed E-state index contributed by atoms with van der Waals surface area (Å²) >= 11 is 0. The Morgan fingerprint density at radius 3 is 3.08 bits per heavy atom. The Morgan fingerprint density at radius 2 is 2.38 bits per heavy atom. The van der Waals surface area contributed by atoms with Crippen molar-refractivity contribution in [2.75, 3.05) is 0 Å². The van der Waals surface area contributed by atoms with Crippen LogP contribution in [0.25, 0.3) is 10.9 Å². The smallest absolute Gasteiger partial charge is 0.0487 e. The van der Waals surface area contributed by atoms with E-state index in [0.29, 0.717) is 5.92 Å². The SMILES string of the molecule is CCC(C)c1cc2cnccc2[nH]1. The summed E-state index contributed by atoms with van der Waals surface area (Å²) in [5.41, 5.74) is 2.50. The third-order valence-electron chi connectivity index (χ3n) is 2.59. The number of H-pyrrole nitrogens is 1. The highest BCUT2D eigenvalue weighted by Gasteiger charge is 2.05. The van der Waals surface area contributed by atoms with Crippen LogP contribution in [0, 0.1) is 0 Å². The molecule has 13 heavy (non-hydrogen) atoms. The van der Waals surface area contributed by atoms with Gasteiger partial charge in [-0.25, -0.2) is 0 Å². The molecular weight excluding hydrogens is 160 g/mol. The number of fused-ring (bicyclic) bond motifs is 1. The summed E-state index contributed by atoms with van der Waals surface area (Å²) in [7, 11) is 0. The van der Waals surface area contributed by atoms with Crippen LogP contribution in [0.4, 0.5) is 0 Å². The van der Waals surface area contributed by atoms with Crippen LogP contribution < -0.4 is 0 Å². The molecule has 0 aromatic carbocycles. The largest absolute Gasteiger partial charge is 0.358 e. The zero-order valence-corrected chi connectivity index (χ0v) is 8.04. The number of hydrogen-bond acceptors (Lipinski definition) is 1. The minimum absolute atomic E-state index is 0.604. The van der Waals surface area contributed by atoms with Gasteiger partial charge in [-0.05, 0) is 24.5 Å². The number of pyridine rings is 1. The maximum atomic E-state index is 4.09.